The quantitative estimate of drug-likeness (QED) is 0.755. The molecule has 1 saturated carbocycles. The van der Waals surface area contributed by atoms with E-state index in [1.807, 2.05) is 0 Å². The largest absolute Gasteiger partial charge is 0.396 e. The standard InChI is InChI=1S/C11H17N3O2/c1-14-9(2-6-13-14)10(16)12-8-11(3-4-11)5-7-15/h2,6,15H,3-5,7-8H2,1H3,(H,12,16). The zero-order chi connectivity index (χ0) is 11.6. The summed E-state index contributed by atoms with van der Waals surface area (Å²) in [4.78, 5) is 11.8. The first-order valence-electron chi connectivity index (χ1n) is 5.54. The monoisotopic (exact) mass is 223 g/mol. The van der Waals surface area contributed by atoms with Crippen molar-refractivity contribution in [2.75, 3.05) is 13.2 Å². The third-order valence-electron chi connectivity index (χ3n) is 3.28. The Labute approximate surface area is 94.5 Å². The maximum Gasteiger partial charge on any atom is 0.269 e. The van der Waals surface area contributed by atoms with Gasteiger partial charge in [0.05, 0.1) is 0 Å². The van der Waals surface area contributed by atoms with E-state index in [1.165, 1.54) is 0 Å². The molecule has 0 unspecified atom stereocenters. The first-order chi connectivity index (χ1) is 7.67. The van der Waals surface area contributed by atoms with E-state index in [9.17, 15) is 4.79 Å². The fourth-order valence-corrected chi connectivity index (χ4v) is 1.88. The maximum atomic E-state index is 11.8. The fraction of sp³-hybridized carbons (Fsp3) is 0.636. The van der Waals surface area contributed by atoms with Crippen LogP contribution in [0, 0.1) is 5.41 Å². The lowest BCUT2D eigenvalue weighted by Crippen LogP contribution is -2.31. The second kappa shape index (κ2) is 4.25. The molecule has 1 amide bonds. The molecule has 1 heterocycles. The van der Waals surface area contributed by atoms with Crippen LogP contribution >= 0.6 is 0 Å². The van der Waals surface area contributed by atoms with Gasteiger partial charge in [0.25, 0.3) is 5.91 Å². The van der Waals surface area contributed by atoms with Crippen LogP contribution in [0.25, 0.3) is 0 Å². The first-order valence-corrected chi connectivity index (χ1v) is 5.54. The summed E-state index contributed by atoms with van der Waals surface area (Å²) in [6.45, 7) is 0.846. The number of aryl methyl sites for hydroxylation is 1. The van der Waals surface area contributed by atoms with Gasteiger partial charge in [0.1, 0.15) is 5.69 Å². The van der Waals surface area contributed by atoms with Gasteiger partial charge in [-0.2, -0.15) is 5.10 Å². The normalized spacial score (nSPS) is 17.1. The average molecular weight is 223 g/mol. The Balaban J connectivity index is 1.87. The van der Waals surface area contributed by atoms with Gasteiger partial charge in [0, 0.05) is 26.4 Å². The number of hydrogen-bond acceptors (Lipinski definition) is 3. The smallest absolute Gasteiger partial charge is 0.269 e. The van der Waals surface area contributed by atoms with Crippen molar-refractivity contribution in [3.05, 3.63) is 18.0 Å². The van der Waals surface area contributed by atoms with E-state index < -0.39 is 0 Å². The van der Waals surface area contributed by atoms with Crippen LogP contribution < -0.4 is 5.32 Å². The number of aliphatic hydroxyl groups is 1. The van der Waals surface area contributed by atoms with Gasteiger partial charge in [0.15, 0.2) is 0 Å². The van der Waals surface area contributed by atoms with Crippen LogP contribution in [-0.2, 0) is 7.05 Å². The minimum absolute atomic E-state index is 0.0933. The number of amides is 1. The Morgan fingerprint density at radius 3 is 2.94 bits per heavy atom. The molecule has 0 aliphatic heterocycles. The minimum atomic E-state index is -0.0933. The molecule has 2 rings (SSSR count). The van der Waals surface area contributed by atoms with E-state index in [1.54, 1.807) is 24.0 Å². The van der Waals surface area contributed by atoms with Crippen molar-refractivity contribution in [2.45, 2.75) is 19.3 Å². The number of aliphatic hydroxyl groups excluding tert-OH is 1. The molecule has 88 valence electrons. The molecule has 1 fully saturated rings. The molecule has 0 bridgehead atoms. The number of nitrogens with one attached hydrogen (secondary N) is 1. The summed E-state index contributed by atoms with van der Waals surface area (Å²) in [7, 11) is 1.75. The van der Waals surface area contributed by atoms with Crippen LogP contribution in [0.4, 0.5) is 0 Å². The highest BCUT2D eigenvalue weighted by atomic mass is 16.3. The SMILES string of the molecule is Cn1nccc1C(=O)NCC1(CCO)CC1. The third kappa shape index (κ3) is 2.24. The van der Waals surface area contributed by atoms with Gasteiger partial charge in [-0.15, -0.1) is 0 Å². The van der Waals surface area contributed by atoms with E-state index in [-0.39, 0.29) is 17.9 Å². The lowest BCUT2D eigenvalue weighted by atomic mass is 10.0. The molecule has 0 radical (unpaired) electrons. The number of carbonyl (C=O) groups excluding carboxylic acids is 1. The molecule has 1 aliphatic rings. The molecule has 1 aromatic heterocycles. The number of rotatable bonds is 5. The summed E-state index contributed by atoms with van der Waals surface area (Å²) >= 11 is 0. The molecule has 16 heavy (non-hydrogen) atoms. The molecular weight excluding hydrogens is 206 g/mol. The van der Waals surface area contributed by atoms with Gasteiger partial charge in [-0.3, -0.25) is 9.48 Å². The summed E-state index contributed by atoms with van der Waals surface area (Å²) in [5.74, 6) is -0.0933. The highest BCUT2D eigenvalue weighted by Crippen LogP contribution is 2.47. The van der Waals surface area contributed by atoms with Crippen LogP contribution in [0.1, 0.15) is 29.8 Å². The highest BCUT2D eigenvalue weighted by molar-refractivity contribution is 5.92. The van der Waals surface area contributed by atoms with Gasteiger partial charge >= 0.3 is 0 Å². The van der Waals surface area contributed by atoms with E-state index in [4.69, 9.17) is 5.11 Å². The Morgan fingerprint density at radius 2 is 2.44 bits per heavy atom. The van der Waals surface area contributed by atoms with Gasteiger partial charge < -0.3 is 10.4 Å². The molecule has 0 atom stereocenters. The van der Waals surface area contributed by atoms with Crippen LogP contribution in [0.5, 0.6) is 0 Å². The zero-order valence-corrected chi connectivity index (χ0v) is 9.44. The molecule has 1 aromatic rings. The number of nitrogens with zero attached hydrogens (tertiary/aromatic N) is 2. The summed E-state index contributed by atoms with van der Waals surface area (Å²) < 4.78 is 1.56. The second-order valence-electron chi connectivity index (χ2n) is 4.50. The number of hydrogen-bond donors (Lipinski definition) is 2. The van der Waals surface area contributed by atoms with Crippen molar-refractivity contribution in [2.24, 2.45) is 12.5 Å². The van der Waals surface area contributed by atoms with Crippen molar-refractivity contribution in [3.8, 4) is 0 Å². The Bertz CT molecular complexity index is 382. The summed E-state index contributed by atoms with van der Waals surface area (Å²) in [6.07, 6.45) is 4.58. The molecule has 1 aliphatic carbocycles. The highest BCUT2D eigenvalue weighted by Gasteiger charge is 2.41. The topological polar surface area (TPSA) is 67.2 Å². The van der Waals surface area contributed by atoms with Crippen LogP contribution in [0.2, 0.25) is 0 Å². The third-order valence-corrected chi connectivity index (χ3v) is 3.28. The Hall–Kier alpha value is -1.36. The molecule has 5 heteroatoms. The molecule has 0 spiro atoms. The maximum absolute atomic E-state index is 11.8. The zero-order valence-electron chi connectivity index (χ0n) is 9.44. The lowest BCUT2D eigenvalue weighted by Gasteiger charge is -2.14. The van der Waals surface area contributed by atoms with Crippen LogP contribution in [0.15, 0.2) is 12.3 Å². The van der Waals surface area contributed by atoms with E-state index >= 15 is 0 Å². The Kier molecular flexibility index (Phi) is 2.96. The molecule has 0 aromatic carbocycles. The van der Waals surface area contributed by atoms with Gasteiger partial charge in [-0.05, 0) is 30.7 Å². The molecule has 5 nitrogen and oxygen atoms in total. The predicted molar refractivity (Wildman–Crippen MR) is 58.9 cm³/mol. The molecule has 0 saturated heterocycles. The molecular formula is C11H17N3O2. The summed E-state index contributed by atoms with van der Waals surface area (Å²) in [5.41, 5.74) is 0.725. The van der Waals surface area contributed by atoms with Gasteiger partial charge in [-0.1, -0.05) is 0 Å². The van der Waals surface area contributed by atoms with Crippen LogP contribution in [-0.4, -0.2) is 33.9 Å². The lowest BCUT2D eigenvalue weighted by molar-refractivity contribution is 0.0931. The summed E-state index contributed by atoms with van der Waals surface area (Å²) in [6, 6.07) is 1.70. The van der Waals surface area contributed by atoms with Crippen molar-refractivity contribution >= 4 is 5.91 Å². The van der Waals surface area contributed by atoms with Crippen molar-refractivity contribution in [1.82, 2.24) is 15.1 Å². The van der Waals surface area contributed by atoms with E-state index in [2.05, 4.69) is 10.4 Å². The minimum Gasteiger partial charge on any atom is -0.396 e. The van der Waals surface area contributed by atoms with Crippen LogP contribution in [0.3, 0.4) is 0 Å². The molecule has 2 N–H and O–H groups in total. The van der Waals surface area contributed by atoms with Gasteiger partial charge in [-0.25, -0.2) is 0 Å². The number of carbonyl (C=O) groups is 1. The predicted octanol–water partition coefficient (Wildman–Crippen LogP) is 0.312. The van der Waals surface area contributed by atoms with Crippen molar-refractivity contribution in [1.29, 1.82) is 0 Å². The van der Waals surface area contributed by atoms with E-state index in [0.717, 1.165) is 19.3 Å². The second-order valence-corrected chi connectivity index (χ2v) is 4.50. The van der Waals surface area contributed by atoms with E-state index in [0.29, 0.717) is 12.2 Å². The van der Waals surface area contributed by atoms with Gasteiger partial charge in [0.2, 0.25) is 0 Å². The summed E-state index contributed by atoms with van der Waals surface area (Å²) in [5, 5.41) is 15.8. The van der Waals surface area contributed by atoms with Crippen molar-refractivity contribution in [3.63, 3.8) is 0 Å². The fourth-order valence-electron chi connectivity index (χ4n) is 1.88. The first kappa shape index (κ1) is 11.1. The number of aromatic nitrogens is 2. The van der Waals surface area contributed by atoms with Crippen molar-refractivity contribution < 1.29 is 9.90 Å². The average Bonchev–Trinajstić information content (AvgIpc) is 2.89. The Morgan fingerprint density at radius 1 is 1.69 bits per heavy atom.